The van der Waals surface area contributed by atoms with E-state index in [0.717, 1.165) is 3.67 Å². The van der Waals surface area contributed by atoms with Gasteiger partial charge in [-0.3, -0.25) is 0 Å². The van der Waals surface area contributed by atoms with Crippen LogP contribution in [0.15, 0.2) is 0 Å². The van der Waals surface area contributed by atoms with Gasteiger partial charge >= 0.3 is 118 Å². The molecule has 0 radical (unpaired) electrons. The van der Waals surface area contributed by atoms with Crippen LogP contribution in [-0.4, -0.2) is 46.0 Å². The van der Waals surface area contributed by atoms with E-state index in [0.29, 0.717) is 0 Å². The van der Waals surface area contributed by atoms with Crippen LogP contribution in [0.4, 0.5) is 0 Å². The molecule has 0 aliphatic heterocycles. The van der Waals surface area contributed by atoms with Crippen LogP contribution in [0.3, 0.4) is 0 Å². The van der Waals surface area contributed by atoms with Gasteiger partial charge < -0.3 is 0 Å². The van der Waals surface area contributed by atoms with Crippen LogP contribution in [0.2, 0.25) is 12.0 Å². The molecule has 0 aromatic rings. The first-order valence-corrected chi connectivity index (χ1v) is 14.4. The van der Waals surface area contributed by atoms with E-state index in [2.05, 4.69) is 39.5 Å². The van der Waals surface area contributed by atoms with Gasteiger partial charge in [0.05, 0.1) is 0 Å². The molecule has 0 fully saturated rings. The molecule has 0 saturated carbocycles. The van der Waals surface area contributed by atoms with Crippen LogP contribution < -0.4 is 0 Å². The zero-order chi connectivity index (χ0) is 13.1. The summed E-state index contributed by atoms with van der Waals surface area (Å²) >= 11 is -1.12. The molecule has 0 heterocycles. The van der Waals surface area contributed by atoms with Crippen LogP contribution >= 0.6 is 0 Å². The summed E-state index contributed by atoms with van der Waals surface area (Å²) in [5.41, 5.74) is 0. The van der Waals surface area contributed by atoms with Gasteiger partial charge in [0.15, 0.2) is 0 Å². The molecule has 0 unspecified atom stereocenters. The third-order valence-corrected chi connectivity index (χ3v) is 16.3. The summed E-state index contributed by atoms with van der Waals surface area (Å²) in [7, 11) is 0. The summed E-state index contributed by atoms with van der Waals surface area (Å²) < 4.78 is 4.36. The van der Waals surface area contributed by atoms with Crippen molar-refractivity contribution in [3.05, 3.63) is 0 Å². The summed E-state index contributed by atoms with van der Waals surface area (Å²) in [5.74, 6) is 0. The van der Waals surface area contributed by atoms with Gasteiger partial charge in [0, 0.05) is 0 Å². The van der Waals surface area contributed by atoms with Crippen molar-refractivity contribution in [3.63, 3.8) is 0 Å². The maximum atomic E-state index is 2.61. The standard InChI is InChI=1S/C9H20N.2C3H7.In/c1-4-7-9-10(6-3)8-5-2;2*1-3-2;/h1,4-9H2,2-3H3;3H,1-2H3;1,3H2,2H3;. The molecule has 0 saturated heterocycles. The molecule has 0 N–H and O–H groups in total. The van der Waals surface area contributed by atoms with E-state index in [-0.39, 0.29) is 0 Å². The van der Waals surface area contributed by atoms with Gasteiger partial charge in [-0.25, -0.2) is 0 Å². The number of nitrogens with zero attached hydrogens (tertiary/aromatic N) is 1. The Hall–Kier alpha value is 0.830. The Kier molecular flexibility index (Phi) is 12.5. The molecule has 0 spiro atoms. The molecule has 0 aromatic carbocycles. The van der Waals surface area contributed by atoms with Crippen molar-refractivity contribution in [1.82, 2.24) is 4.90 Å². The number of unbranched alkanes of at least 4 members (excludes halogenated alkanes) is 1. The monoisotopic (exact) mass is 343 g/mol. The quantitative estimate of drug-likeness (QED) is 0.487. The predicted molar refractivity (Wildman–Crippen MR) is 82.4 cm³/mol. The molecule has 1 nitrogen and oxygen atoms in total. The Bertz CT molecular complexity index is 159. The second-order valence-electron chi connectivity index (χ2n) is 5.72. The van der Waals surface area contributed by atoms with Crippen molar-refractivity contribution in [2.45, 2.75) is 72.3 Å². The SMILES string of the molecule is CCCN(CC)CCC[CH2][In]([CH2]CC)[CH](C)C. The van der Waals surface area contributed by atoms with Gasteiger partial charge in [-0.1, -0.05) is 0 Å². The van der Waals surface area contributed by atoms with Crippen LogP contribution in [0.1, 0.15) is 60.3 Å². The normalized spacial score (nSPS) is 11.5. The maximum absolute atomic E-state index is 2.61. The van der Waals surface area contributed by atoms with Crippen LogP contribution in [0.5, 0.6) is 0 Å². The summed E-state index contributed by atoms with van der Waals surface area (Å²) in [6.07, 6.45) is 5.70. The first kappa shape index (κ1) is 17.8. The molecule has 0 atom stereocenters. The minimum absolute atomic E-state index is 1.08. The van der Waals surface area contributed by atoms with Gasteiger partial charge in [-0.15, -0.1) is 0 Å². The summed E-state index contributed by atoms with van der Waals surface area (Å²) in [4.78, 5) is 2.61. The third kappa shape index (κ3) is 9.41. The molecule has 0 aliphatic carbocycles. The zero-order valence-corrected chi connectivity index (χ0v) is 16.3. The summed E-state index contributed by atoms with van der Waals surface area (Å²) in [5, 5.41) is 0. The van der Waals surface area contributed by atoms with Gasteiger partial charge in [0.25, 0.3) is 0 Å². The topological polar surface area (TPSA) is 3.24 Å². The fourth-order valence-corrected chi connectivity index (χ4v) is 11.7. The molecule has 17 heavy (non-hydrogen) atoms. The van der Waals surface area contributed by atoms with Gasteiger partial charge in [-0.2, -0.15) is 0 Å². The van der Waals surface area contributed by atoms with E-state index in [1.165, 1.54) is 45.3 Å². The van der Waals surface area contributed by atoms with E-state index in [1.807, 2.05) is 0 Å². The first-order valence-electron chi connectivity index (χ1n) is 7.87. The molecule has 0 rings (SSSR count). The van der Waals surface area contributed by atoms with Gasteiger partial charge in [0.2, 0.25) is 0 Å². The number of hydrogen-bond acceptors (Lipinski definition) is 1. The van der Waals surface area contributed by atoms with Crippen molar-refractivity contribution < 1.29 is 0 Å². The average molecular weight is 343 g/mol. The predicted octanol–water partition coefficient (Wildman–Crippen LogP) is 4.81. The minimum atomic E-state index is -1.12. The number of hydrogen-bond donors (Lipinski definition) is 0. The van der Waals surface area contributed by atoms with Crippen LogP contribution in [0.25, 0.3) is 0 Å². The van der Waals surface area contributed by atoms with Crippen LogP contribution in [-0.2, 0) is 0 Å². The Morgan fingerprint density at radius 3 is 2.06 bits per heavy atom. The zero-order valence-electron chi connectivity index (χ0n) is 13.0. The van der Waals surface area contributed by atoms with Crippen LogP contribution in [0, 0.1) is 0 Å². The van der Waals surface area contributed by atoms with E-state index >= 15 is 0 Å². The molecule has 0 bridgehead atoms. The Morgan fingerprint density at radius 1 is 0.882 bits per heavy atom. The second-order valence-corrected chi connectivity index (χ2v) is 17.2. The van der Waals surface area contributed by atoms with E-state index < -0.39 is 21.4 Å². The van der Waals surface area contributed by atoms with Gasteiger partial charge in [-0.05, 0) is 0 Å². The molecular weight excluding hydrogens is 309 g/mol. The molecule has 0 amide bonds. The van der Waals surface area contributed by atoms with Crippen molar-refractivity contribution >= 4 is 21.4 Å². The van der Waals surface area contributed by atoms with Crippen molar-refractivity contribution in [2.24, 2.45) is 0 Å². The number of rotatable bonds is 11. The summed E-state index contributed by atoms with van der Waals surface area (Å²) in [6, 6.07) is 0. The first-order chi connectivity index (χ1) is 8.15. The molecule has 102 valence electrons. The fraction of sp³-hybridized carbons (Fsp3) is 1.00. The van der Waals surface area contributed by atoms with Crippen molar-refractivity contribution in [2.75, 3.05) is 19.6 Å². The van der Waals surface area contributed by atoms with Crippen molar-refractivity contribution in [1.29, 1.82) is 0 Å². The molecular formula is C15H34InN. The molecule has 0 aromatic heterocycles. The van der Waals surface area contributed by atoms with E-state index in [1.54, 1.807) is 8.35 Å². The fourth-order valence-electron chi connectivity index (χ4n) is 2.67. The second kappa shape index (κ2) is 11.9. The third-order valence-electron chi connectivity index (χ3n) is 3.89. The van der Waals surface area contributed by atoms with E-state index in [4.69, 9.17) is 0 Å². The summed E-state index contributed by atoms with van der Waals surface area (Å²) in [6.45, 7) is 15.8. The molecule has 0 aliphatic rings. The molecule has 2 heteroatoms. The van der Waals surface area contributed by atoms with Gasteiger partial charge in [0.1, 0.15) is 0 Å². The average Bonchev–Trinajstić information content (AvgIpc) is 2.31. The Balaban J connectivity index is 3.65. The Labute approximate surface area is 118 Å². The van der Waals surface area contributed by atoms with Crippen molar-refractivity contribution in [3.8, 4) is 0 Å². The van der Waals surface area contributed by atoms with E-state index in [9.17, 15) is 0 Å². The Morgan fingerprint density at radius 2 is 1.59 bits per heavy atom.